The fourth-order valence-corrected chi connectivity index (χ4v) is 2.04. The molecule has 0 amide bonds. The lowest BCUT2D eigenvalue weighted by molar-refractivity contribution is 0.342. The molecule has 0 saturated heterocycles. The number of nitrogens with one attached hydrogen (secondary N) is 1. The Kier molecular flexibility index (Phi) is 5.00. The van der Waals surface area contributed by atoms with Crippen LogP contribution in [0.2, 0.25) is 0 Å². The average Bonchev–Trinajstić information content (AvgIpc) is 2.48. The molecule has 1 aromatic heterocycles. The summed E-state index contributed by atoms with van der Waals surface area (Å²) in [5.74, 6) is 2.23. The zero-order valence-corrected chi connectivity index (χ0v) is 12.1. The maximum absolute atomic E-state index is 11.3. The second-order valence-electron chi connectivity index (χ2n) is 3.92. The zero-order valence-electron chi connectivity index (χ0n) is 11.3. The average molecular weight is 293 g/mol. The fourth-order valence-electron chi connectivity index (χ4n) is 1.41. The van der Waals surface area contributed by atoms with Crippen LogP contribution in [0.5, 0.6) is 11.5 Å². The van der Waals surface area contributed by atoms with Crippen LogP contribution in [-0.4, -0.2) is 34.7 Å². The van der Waals surface area contributed by atoms with Gasteiger partial charge in [0, 0.05) is 5.75 Å². The molecule has 0 radical (unpaired) electrons. The van der Waals surface area contributed by atoms with Crippen molar-refractivity contribution in [2.24, 2.45) is 0 Å². The SMILES string of the molecule is COc1ccc(OCCSc2nnc(C)c(=O)[nH]2)cc1. The molecule has 0 saturated carbocycles. The van der Waals surface area contributed by atoms with E-state index < -0.39 is 0 Å². The molecule has 1 aromatic carbocycles. The van der Waals surface area contributed by atoms with E-state index in [-0.39, 0.29) is 5.56 Å². The summed E-state index contributed by atoms with van der Waals surface area (Å²) in [5.41, 5.74) is 0.155. The summed E-state index contributed by atoms with van der Waals surface area (Å²) in [7, 11) is 1.62. The third-order valence-corrected chi connectivity index (χ3v) is 3.32. The van der Waals surface area contributed by atoms with Crippen LogP contribution >= 0.6 is 11.8 Å². The van der Waals surface area contributed by atoms with Crippen molar-refractivity contribution in [1.29, 1.82) is 0 Å². The minimum atomic E-state index is -0.210. The Morgan fingerprint density at radius 1 is 1.20 bits per heavy atom. The van der Waals surface area contributed by atoms with E-state index in [0.717, 1.165) is 11.5 Å². The summed E-state index contributed by atoms with van der Waals surface area (Å²) < 4.78 is 10.6. The van der Waals surface area contributed by atoms with E-state index in [1.54, 1.807) is 14.0 Å². The normalized spacial score (nSPS) is 10.3. The molecular formula is C13H15N3O3S. The van der Waals surface area contributed by atoms with E-state index in [9.17, 15) is 4.79 Å². The van der Waals surface area contributed by atoms with Crippen molar-refractivity contribution in [3.05, 3.63) is 40.3 Å². The highest BCUT2D eigenvalue weighted by atomic mass is 32.2. The number of aryl methyl sites for hydroxylation is 1. The Bertz CT molecular complexity index is 613. The van der Waals surface area contributed by atoms with Crippen molar-refractivity contribution in [2.45, 2.75) is 12.1 Å². The van der Waals surface area contributed by atoms with Gasteiger partial charge in [-0.3, -0.25) is 9.78 Å². The van der Waals surface area contributed by atoms with Crippen LogP contribution in [0.1, 0.15) is 5.69 Å². The van der Waals surface area contributed by atoms with Crippen molar-refractivity contribution in [1.82, 2.24) is 15.2 Å². The van der Waals surface area contributed by atoms with Crippen LogP contribution in [0, 0.1) is 6.92 Å². The second-order valence-corrected chi connectivity index (χ2v) is 5.00. The molecule has 0 aliphatic carbocycles. The second kappa shape index (κ2) is 6.95. The van der Waals surface area contributed by atoms with Gasteiger partial charge in [0.05, 0.1) is 13.7 Å². The van der Waals surface area contributed by atoms with Gasteiger partial charge in [-0.25, -0.2) is 0 Å². The van der Waals surface area contributed by atoms with Crippen molar-refractivity contribution < 1.29 is 9.47 Å². The van der Waals surface area contributed by atoms with Crippen molar-refractivity contribution in [3.8, 4) is 11.5 Å². The standard InChI is InChI=1S/C13H15N3O3S/c1-9-12(17)14-13(16-15-9)20-8-7-19-11-5-3-10(18-2)4-6-11/h3-6H,7-8H2,1-2H3,(H,14,16,17). The van der Waals surface area contributed by atoms with Crippen LogP contribution in [0.3, 0.4) is 0 Å². The number of benzene rings is 1. The van der Waals surface area contributed by atoms with Gasteiger partial charge in [0.15, 0.2) is 5.16 Å². The highest BCUT2D eigenvalue weighted by Gasteiger charge is 2.01. The first-order valence-corrected chi connectivity index (χ1v) is 7.01. The predicted octanol–water partition coefficient (Wildman–Crippen LogP) is 1.65. The van der Waals surface area contributed by atoms with Gasteiger partial charge in [0.2, 0.25) is 0 Å². The monoisotopic (exact) mass is 293 g/mol. The van der Waals surface area contributed by atoms with Crippen LogP contribution in [-0.2, 0) is 0 Å². The van der Waals surface area contributed by atoms with Gasteiger partial charge >= 0.3 is 0 Å². The molecule has 0 spiro atoms. The van der Waals surface area contributed by atoms with Gasteiger partial charge in [0.1, 0.15) is 17.2 Å². The Labute approximate surface area is 120 Å². The summed E-state index contributed by atoms with van der Waals surface area (Å²) in [4.78, 5) is 14.0. The maximum atomic E-state index is 11.3. The largest absolute Gasteiger partial charge is 0.497 e. The molecule has 2 aromatic rings. The van der Waals surface area contributed by atoms with Crippen LogP contribution in [0.15, 0.2) is 34.2 Å². The number of nitrogens with zero attached hydrogens (tertiary/aromatic N) is 2. The summed E-state index contributed by atoms with van der Waals surface area (Å²) in [6, 6.07) is 7.37. The molecule has 1 N–H and O–H groups in total. The van der Waals surface area contributed by atoms with Crippen LogP contribution in [0.25, 0.3) is 0 Å². The first-order chi connectivity index (χ1) is 9.69. The predicted molar refractivity (Wildman–Crippen MR) is 76.6 cm³/mol. The number of aromatic nitrogens is 3. The van der Waals surface area contributed by atoms with Crippen molar-refractivity contribution in [2.75, 3.05) is 19.5 Å². The Morgan fingerprint density at radius 2 is 1.90 bits per heavy atom. The summed E-state index contributed by atoms with van der Waals surface area (Å²) in [6.45, 7) is 2.13. The maximum Gasteiger partial charge on any atom is 0.273 e. The lowest BCUT2D eigenvalue weighted by Gasteiger charge is -2.06. The van der Waals surface area contributed by atoms with Gasteiger partial charge in [-0.1, -0.05) is 11.8 Å². The minimum absolute atomic E-state index is 0.210. The topological polar surface area (TPSA) is 77.1 Å². The molecule has 0 atom stereocenters. The smallest absolute Gasteiger partial charge is 0.273 e. The van der Waals surface area contributed by atoms with Gasteiger partial charge in [-0.05, 0) is 31.2 Å². The van der Waals surface area contributed by atoms with E-state index >= 15 is 0 Å². The van der Waals surface area contributed by atoms with Crippen molar-refractivity contribution in [3.63, 3.8) is 0 Å². The van der Waals surface area contributed by atoms with E-state index in [4.69, 9.17) is 9.47 Å². The molecule has 7 heteroatoms. The molecule has 0 bridgehead atoms. The first-order valence-electron chi connectivity index (χ1n) is 6.02. The van der Waals surface area contributed by atoms with Crippen LogP contribution in [0.4, 0.5) is 0 Å². The number of hydrogen-bond acceptors (Lipinski definition) is 6. The number of methoxy groups -OCH3 is 1. The molecule has 20 heavy (non-hydrogen) atoms. The molecule has 1 heterocycles. The minimum Gasteiger partial charge on any atom is -0.497 e. The summed E-state index contributed by atoms with van der Waals surface area (Å²) in [6.07, 6.45) is 0. The van der Waals surface area contributed by atoms with Crippen LogP contribution < -0.4 is 15.0 Å². The highest BCUT2D eigenvalue weighted by molar-refractivity contribution is 7.99. The fraction of sp³-hybridized carbons (Fsp3) is 0.308. The quantitative estimate of drug-likeness (QED) is 0.644. The Hall–Kier alpha value is -2.02. The lowest BCUT2D eigenvalue weighted by atomic mass is 10.3. The molecule has 106 valence electrons. The van der Waals surface area contributed by atoms with Gasteiger partial charge in [0.25, 0.3) is 5.56 Å². The van der Waals surface area contributed by atoms with Gasteiger partial charge in [-0.15, -0.1) is 10.2 Å². The molecular weight excluding hydrogens is 278 g/mol. The van der Waals surface area contributed by atoms with Gasteiger partial charge < -0.3 is 9.47 Å². The number of aromatic amines is 1. The summed E-state index contributed by atoms with van der Waals surface area (Å²) in [5, 5.41) is 8.16. The van der Waals surface area contributed by atoms with Crippen molar-refractivity contribution >= 4 is 11.8 Å². The molecule has 0 fully saturated rings. The summed E-state index contributed by atoms with van der Waals surface area (Å²) >= 11 is 1.39. The molecule has 0 unspecified atom stereocenters. The highest BCUT2D eigenvalue weighted by Crippen LogP contribution is 2.17. The van der Waals surface area contributed by atoms with E-state index in [0.29, 0.717) is 23.2 Å². The van der Waals surface area contributed by atoms with E-state index in [1.807, 2.05) is 24.3 Å². The third kappa shape index (κ3) is 3.99. The molecule has 2 rings (SSSR count). The third-order valence-electron chi connectivity index (χ3n) is 2.49. The Balaban J connectivity index is 1.78. The number of ether oxygens (including phenoxy) is 2. The number of H-pyrrole nitrogens is 1. The zero-order chi connectivity index (χ0) is 14.4. The lowest BCUT2D eigenvalue weighted by Crippen LogP contribution is -2.14. The Morgan fingerprint density at radius 3 is 2.55 bits per heavy atom. The molecule has 6 nitrogen and oxygen atoms in total. The molecule has 0 aliphatic heterocycles. The van der Waals surface area contributed by atoms with E-state index in [1.165, 1.54) is 11.8 Å². The number of rotatable bonds is 6. The molecule has 0 aliphatic rings. The first kappa shape index (κ1) is 14.4. The van der Waals surface area contributed by atoms with E-state index in [2.05, 4.69) is 15.2 Å². The number of hydrogen-bond donors (Lipinski definition) is 1. The van der Waals surface area contributed by atoms with Gasteiger partial charge in [-0.2, -0.15) is 0 Å². The number of thioether (sulfide) groups is 1.